The fourth-order valence-corrected chi connectivity index (χ4v) is 0. The van der Waals surface area contributed by atoms with Crippen LogP contribution in [0.25, 0.3) is 0 Å². The van der Waals surface area contributed by atoms with E-state index in [1.54, 1.807) is 0 Å². The monoisotopic (exact) mass is 148 g/mol. The molecule has 0 aliphatic carbocycles. The van der Waals surface area contributed by atoms with Gasteiger partial charge in [0, 0.05) is 0 Å². The van der Waals surface area contributed by atoms with Gasteiger partial charge in [0.15, 0.2) is 17.4 Å². The summed E-state index contributed by atoms with van der Waals surface area (Å²) in [5.41, 5.74) is 0. The quantitative estimate of drug-likeness (QED) is 0.331. The first kappa shape index (κ1) is 39.6. The van der Waals surface area contributed by atoms with Crippen molar-refractivity contribution in [1.29, 1.82) is 0 Å². The Labute approximate surface area is 113 Å². The maximum absolute atomic E-state index is 0. The van der Waals surface area contributed by atoms with Gasteiger partial charge in [0.25, 0.3) is 0 Å². The molecule has 0 unspecified atom stereocenters. The van der Waals surface area contributed by atoms with Gasteiger partial charge in [0.1, 0.15) is 0 Å². The Morgan fingerprint density at radius 3 is 1.00 bits per heavy atom. The second-order valence-corrected chi connectivity index (χ2v) is 0. The Hall–Kier alpha value is 3.42. The molecule has 0 radical (unpaired) electrons. The third-order valence-corrected chi connectivity index (χ3v) is 0. The molecule has 0 amide bonds. The standard InChI is InChI=1S/Al.ClH.K.Na.H2O.5H/h;1H;;;1H2;;;;;. The Morgan fingerprint density at radius 2 is 1.00 bits per heavy atom. The van der Waals surface area contributed by atoms with E-state index < -0.39 is 0 Å². The zero-order valence-corrected chi connectivity index (χ0v) is 1.72. The SMILES string of the molecule is Cl.O.[AlH3].[KH].[NaH]. The predicted molar refractivity (Wildman–Crippen MR) is 35.1 cm³/mol. The first-order chi connectivity index (χ1) is 0. The van der Waals surface area contributed by atoms with Crippen LogP contribution in [0, 0.1) is 0 Å². The van der Waals surface area contributed by atoms with Crippen molar-refractivity contribution in [3.63, 3.8) is 0 Å². The topological polar surface area (TPSA) is 31.5 Å². The van der Waals surface area contributed by atoms with E-state index in [9.17, 15) is 0 Å². The Morgan fingerprint density at radius 1 is 1.00 bits per heavy atom. The molecule has 5 heavy (non-hydrogen) atoms. The van der Waals surface area contributed by atoms with Crippen LogP contribution >= 0.6 is 12.4 Å². The van der Waals surface area contributed by atoms with E-state index in [0.717, 1.165) is 0 Å². The van der Waals surface area contributed by atoms with Gasteiger partial charge in [-0.2, -0.15) is 0 Å². The van der Waals surface area contributed by atoms with Crippen molar-refractivity contribution in [3.8, 4) is 0 Å². The first-order valence-corrected chi connectivity index (χ1v) is 0. The second kappa shape index (κ2) is 26.2. The molecule has 26 valence electrons. The van der Waals surface area contributed by atoms with Crippen molar-refractivity contribution >= 4 is 111 Å². The van der Waals surface area contributed by atoms with Gasteiger partial charge < -0.3 is 5.48 Å². The summed E-state index contributed by atoms with van der Waals surface area (Å²) in [6.07, 6.45) is 0. The fourth-order valence-electron chi connectivity index (χ4n) is 0. The van der Waals surface area contributed by atoms with Crippen molar-refractivity contribution in [2.45, 2.75) is 0 Å². The minimum atomic E-state index is 0. The van der Waals surface area contributed by atoms with Gasteiger partial charge >= 0.3 is 80.9 Å². The summed E-state index contributed by atoms with van der Waals surface area (Å²) in [6.45, 7) is 0. The molecule has 1 nitrogen and oxygen atoms in total. The second-order valence-electron chi connectivity index (χ2n) is 0. The molecule has 0 bridgehead atoms. The van der Waals surface area contributed by atoms with E-state index in [1.807, 2.05) is 0 Å². The molecule has 0 aromatic carbocycles. The summed E-state index contributed by atoms with van der Waals surface area (Å²) in [7, 11) is 0. The zero-order valence-electron chi connectivity index (χ0n) is 0.908. The fraction of sp³-hybridized carbons (Fsp3) is 0. The maximum atomic E-state index is 0. The molecule has 0 fully saturated rings. The molecule has 0 atom stereocenters. The molecule has 0 saturated heterocycles. The van der Waals surface area contributed by atoms with Gasteiger partial charge in [-0.25, -0.2) is 0 Å². The summed E-state index contributed by atoms with van der Waals surface area (Å²) in [6, 6.07) is 0. The average Bonchev–Trinajstić information content (AvgIpc) is 0. The van der Waals surface area contributed by atoms with Crippen LogP contribution in [0.3, 0.4) is 0 Å². The average molecular weight is 149 g/mol. The molecule has 0 aliphatic rings. The third-order valence-electron chi connectivity index (χ3n) is 0. The minimum absolute atomic E-state index is 0. The van der Waals surface area contributed by atoms with Crippen LogP contribution in [0.2, 0.25) is 0 Å². The van der Waals surface area contributed by atoms with Crippen LogP contribution in [0.1, 0.15) is 0 Å². The summed E-state index contributed by atoms with van der Waals surface area (Å²) in [4.78, 5) is 0. The van der Waals surface area contributed by atoms with Crippen LogP contribution in [-0.2, 0) is 0 Å². The van der Waals surface area contributed by atoms with Gasteiger partial charge in [-0.15, -0.1) is 12.4 Å². The molecule has 0 spiro atoms. The summed E-state index contributed by atoms with van der Waals surface area (Å²) in [5.74, 6) is 0. The van der Waals surface area contributed by atoms with Gasteiger partial charge in [-0.05, 0) is 0 Å². The number of hydrogen-bond donors (Lipinski definition) is 0. The molecule has 2 N–H and O–H groups in total. The molecular formula is H8AlClKNaO. The van der Waals surface area contributed by atoms with E-state index in [0.29, 0.717) is 0 Å². The molecule has 0 heterocycles. The van der Waals surface area contributed by atoms with Gasteiger partial charge in [-0.3, -0.25) is 0 Å². The van der Waals surface area contributed by atoms with E-state index in [2.05, 4.69) is 0 Å². The van der Waals surface area contributed by atoms with Crippen LogP contribution in [0.4, 0.5) is 0 Å². The normalized spacial score (nSPS) is 0. The van der Waals surface area contributed by atoms with Crippen molar-refractivity contribution < 1.29 is 5.48 Å². The van der Waals surface area contributed by atoms with Crippen LogP contribution in [0.15, 0.2) is 0 Å². The van der Waals surface area contributed by atoms with Crippen molar-refractivity contribution in [3.05, 3.63) is 0 Å². The Kier molecular flexibility index (Phi) is 207. The number of halogens is 1. The van der Waals surface area contributed by atoms with E-state index in [1.165, 1.54) is 0 Å². The first-order valence-electron chi connectivity index (χ1n) is 0. The van der Waals surface area contributed by atoms with Gasteiger partial charge in [0.2, 0.25) is 0 Å². The Balaban J connectivity index is 0. The van der Waals surface area contributed by atoms with Crippen LogP contribution < -0.4 is 0 Å². The molecule has 0 saturated carbocycles. The predicted octanol–water partition coefficient (Wildman–Crippen LogP) is -2.88. The van der Waals surface area contributed by atoms with E-state index >= 15 is 0 Å². The van der Waals surface area contributed by atoms with Crippen LogP contribution in [-0.4, -0.2) is 104 Å². The summed E-state index contributed by atoms with van der Waals surface area (Å²) in [5, 5.41) is 0. The molecule has 0 aliphatic heterocycles. The zero-order chi connectivity index (χ0) is 0. The molecule has 5 heteroatoms. The van der Waals surface area contributed by atoms with Crippen molar-refractivity contribution in [2.24, 2.45) is 0 Å². The molecule has 0 aromatic heterocycles. The molecule has 0 aromatic rings. The third kappa shape index (κ3) is 18.6. The van der Waals surface area contributed by atoms with Crippen molar-refractivity contribution in [2.75, 3.05) is 0 Å². The summed E-state index contributed by atoms with van der Waals surface area (Å²) >= 11 is 0. The number of rotatable bonds is 0. The van der Waals surface area contributed by atoms with Crippen molar-refractivity contribution in [1.82, 2.24) is 0 Å². The van der Waals surface area contributed by atoms with Crippen LogP contribution in [0.5, 0.6) is 0 Å². The number of hydrogen-bond acceptors (Lipinski definition) is 0. The summed E-state index contributed by atoms with van der Waals surface area (Å²) < 4.78 is 0. The Bertz CT molecular complexity index is 11.6. The van der Waals surface area contributed by atoms with Gasteiger partial charge in [0.05, 0.1) is 0 Å². The molecule has 0 rings (SSSR count). The van der Waals surface area contributed by atoms with E-state index in [-0.39, 0.29) is 116 Å². The molecular weight excluding hydrogens is 141 g/mol. The van der Waals surface area contributed by atoms with Gasteiger partial charge in [-0.1, -0.05) is 0 Å². The van der Waals surface area contributed by atoms with E-state index in [4.69, 9.17) is 0 Å².